The molecule has 0 aromatic rings. The summed E-state index contributed by atoms with van der Waals surface area (Å²) in [4.78, 5) is 3.61. The van der Waals surface area contributed by atoms with Crippen LogP contribution in [0.2, 0.25) is 12.6 Å². The van der Waals surface area contributed by atoms with E-state index in [1.165, 1.54) is 4.82 Å². The third kappa shape index (κ3) is 12.1. The standard InChI is InChI=1S/C21H50N2O5Si3/c1-9-23(10-2)19-21(31(26-13-5,27-14-6)28-15-7)29-20-22-17-16-18-30(8,24-11-3)25-12-4/h19,22H,9-18,20,29H2,1-8H3. The lowest BCUT2D eigenvalue weighted by Crippen LogP contribution is -2.51. The van der Waals surface area contributed by atoms with E-state index in [0.29, 0.717) is 19.8 Å². The summed E-state index contributed by atoms with van der Waals surface area (Å²) in [5.74, 6) is 0. The molecule has 0 rings (SSSR count). The van der Waals surface area contributed by atoms with Crippen molar-refractivity contribution in [2.24, 2.45) is 0 Å². The lowest BCUT2D eigenvalue weighted by Gasteiger charge is -2.32. The van der Waals surface area contributed by atoms with Crippen molar-refractivity contribution in [2.45, 2.75) is 67.5 Å². The summed E-state index contributed by atoms with van der Waals surface area (Å²) in [6.07, 6.45) is 4.34. The molecule has 1 N–H and O–H groups in total. The first kappa shape index (κ1) is 31.0. The molecule has 0 saturated carbocycles. The van der Waals surface area contributed by atoms with Gasteiger partial charge >= 0.3 is 17.4 Å². The fraction of sp³-hybridized carbons (Fsp3) is 0.905. The van der Waals surface area contributed by atoms with Gasteiger partial charge in [0, 0.05) is 46.1 Å². The van der Waals surface area contributed by atoms with Gasteiger partial charge in [-0.05, 0) is 91.2 Å². The summed E-state index contributed by atoms with van der Waals surface area (Å²) in [5, 5.41) is 3.65. The Balaban J connectivity index is 5.07. The highest BCUT2D eigenvalue weighted by Crippen LogP contribution is 2.21. The number of nitrogens with one attached hydrogen (secondary N) is 1. The molecule has 0 aromatic heterocycles. The van der Waals surface area contributed by atoms with Crippen LogP contribution in [0.25, 0.3) is 0 Å². The summed E-state index contributed by atoms with van der Waals surface area (Å²) in [6, 6.07) is 1.01. The van der Waals surface area contributed by atoms with Gasteiger partial charge in [0.15, 0.2) is 0 Å². The van der Waals surface area contributed by atoms with Crippen molar-refractivity contribution >= 4 is 26.9 Å². The second-order valence-corrected chi connectivity index (χ2v) is 15.8. The molecule has 0 spiro atoms. The van der Waals surface area contributed by atoms with Crippen LogP contribution in [-0.2, 0) is 22.1 Å². The number of hydrogen-bond donors (Lipinski definition) is 1. The molecule has 0 fully saturated rings. The van der Waals surface area contributed by atoms with Gasteiger partial charge in [-0.15, -0.1) is 0 Å². The summed E-state index contributed by atoms with van der Waals surface area (Å²) < 4.78 is 30.5. The zero-order valence-corrected chi connectivity index (χ0v) is 25.0. The van der Waals surface area contributed by atoms with Gasteiger partial charge in [0.05, 0.1) is 9.52 Å². The Hall–Kier alpha value is -0.0494. The maximum atomic E-state index is 6.22. The predicted octanol–water partition coefficient (Wildman–Crippen LogP) is 3.01. The van der Waals surface area contributed by atoms with Gasteiger partial charge in [-0.2, -0.15) is 0 Å². The Morgan fingerprint density at radius 3 is 1.71 bits per heavy atom. The number of hydrogen-bond acceptors (Lipinski definition) is 7. The zero-order chi connectivity index (χ0) is 23.6. The third-order valence-electron chi connectivity index (χ3n) is 5.00. The monoisotopic (exact) mass is 494 g/mol. The van der Waals surface area contributed by atoms with Gasteiger partial charge in [-0.3, -0.25) is 0 Å². The van der Waals surface area contributed by atoms with Crippen LogP contribution < -0.4 is 5.32 Å². The first-order chi connectivity index (χ1) is 14.9. The average molecular weight is 495 g/mol. The molecule has 7 nitrogen and oxygen atoms in total. The largest absolute Gasteiger partial charge is 0.529 e. The van der Waals surface area contributed by atoms with E-state index in [2.05, 4.69) is 36.8 Å². The number of rotatable bonds is 21. The molecule has 0 bridgehead atoms. The van der Waals surface area contributed by atoms with Crippen molar-refractivity contribution in [1.82, 2.24) is 10.2 Å². The molecule has 0 heterocycles. The summed E-state index contributed by atoms with van der Waals surface area (Å²) in [7, 11) is -5.50. The van der Waals surface area contributed by atoms with Gasteiger partial charge in [0.25, 0.3) is 0 Å². The van der Waals surface area contributed by atoms with E-state index in [0.717, 1.165) is 51.5 Å². The molecule has 186 valence electrons. The average Bonchev–Trinajstić information content (AvgIpc) is 2.73. The van der Waals surface area contributed by atoms with Gasteiger partial charge in [0.2, 0.25) is 0 Å². The van der Waals surface area contributed by atoms with Crippen LogP contribution in [0.15, 0.2) is 11.0 Å². The van der Waals surface area contributed by atoms with Crippen molar-refractivity contribution in [3.05, 3.63) is 11.0 Å². The molecular formula is C21H50N2O5Si3. The van der Waals surface area contributed by atoms with Crippen LogP contribution in [0, 0.1) is 0 Å². The van der Waals surface area contributed by atoms with Crippen LogP contribution in [0.1, 0.15) is 54.9 Å². The quantitative estimate of drug-likeness (QED) is 0.194. The van der Waals surface area contributed by atoms with E-state index in [4.69, 9.17) is 22.1 Å². The van der Waals surface area contributed by atoms with E-state index < -0.39 is 26.9 Å². The van der Waals surface area contributed by atoms with Crippen LogP contribution in [0.4, 0.5) is 0 Å². The molecule has 31 heavy (non-hydrogen) atoms. The lowest BCUT2D eigenvalue weighted by atomic mass is 10.5. The van der Waals surface area contributed by atoms with Gasteiger partial charge in [-0.1, -0.05) is 0 Å². The minimum absolute atomic E-state index is 0.599. The molecule has 0 radical (unpaired) electrons. The second kappa shape index (κ2) is 18.4. The molecule has 10 heteroatoms. The lowest BCUT2D eigenvalue weighted by molar-refractivity contribution is 0.0823. The molecule has 0 aliphatic rings. The van der Waals surface area contributed by atoms with E-state index in [1.54, 1.807) is 0 Å². The molecule has 0 aromatic carbocycles. The van der Waals surface area contributed by atoms with Crippen LogP contribution >= 0.6 is 0 Å². The first-order valence-corrected chi connectivity index (χ1v) is 18.2. The van der Waals surface area contributed by atoms with Crippen LogP contribution in [0.3, 0.4) is 0 Å². The first-order valence-electron chi connectivity index (χ1n) is 12.3. The molecular weight excluding hydrogens is 444 g/mol. The number of nitrogens with zero attached hydrogens (tertiary/aromatic N) is 1. The van der Waals surface area contributed by atoms with E-state index in [9.17, 15) is 0 Å². The molecule has 0 atom stereocenters. The van der Waals surface area contributed by atoms with Crippen molar-refractivity contribution in [3.63, 3.8) is 0 Å². The normalized spacial score (nSPS) is 13.5. The van der Waals surface area contributed by atoms with E-state index in [-0.39, 0.29) is 0 Å². The molecule has 0 aliphatic carbocycles. The summed E-state index contributed by atoms with van der Waals surface area (Å²) in [5.41, 5.74) is 0. The van der Waals surface area contributed by atoms with Crippen molar-refractivity contribution in [2.75, 3.05) is 58.8 Å². The van der Waals surface area contributed by atoms with Gasteiger partial charge < -0.3 is 32.3 Å². The Labute approximate surface area is 196 Å². The topological polar surface area (TPSA) is 61.4 Å². The van der Waals surface area contributed by atoms with Gasteiger partial charge in [0.1, 0.15) is 0 Å². The van der Waals surface area contributed by atoms with Crippen LogP contribution in [0.5, 0.6) is 0 Å². The minimum Gasteiger partial charge on any atom is -0.395 e. The molecule has 0 unspecified atom stereocenters. The molecule has 0 amide bonds. The predicted molar refractivity (Wildman–Crippen MR) is 137 cm³/mol. The molecule has 0 saturated heterocycles. The Morgan fingerprint density at radius 1 is 0.806 bits per heavy atom. The highest BCUT2D eigenvalue weighted by Gasteiger charge is 2.45. The Bertz CT molecular complexity index is 445. The van der Waals surface area contributed by atoms with E-state index in [1.807, 2.05) is 34.6 Å². The Morgan fingerprint density at radius 2 is 1.29 bits per heavy atom. The van der Waals surface area contributed by atoms with Crippen molar-refractivity contribution in [3.8, 4) is 0 Å². The maximum absolute atomic E-state index is 6.22. The minimum atomic E-state index is -2.83. The van der Waals surface area contributed by atoms with Crippen molar-refractivity contribution in [1.29, 1.82) is 0 Å². The summed E-state index contributed by atoms with van der Waals surface area (Å²) in [6.45, 7) is 22.8. The van der Waals surface area contributed by atoms with Crippen LogP contribution in [-0.4, -0.2) is 90.6 Å². The highest BCUT2D eigenvalue weighted by atomic mass is 28.4. The highest BCUT2D eigenvalue weighted by molar-refractivity contribution is 6.83. The maximum Gasteiger partial charge on any atom is 0.529 e. The Kier molecular flexibility index (Phi) is 18.4. The third-order valence-corrected chi connectivity index (χ3v) is 14.4. The molecule has 0 aliphatic heterocycles. The zero-order valence-electron chi connectivity index (χ0n) is 21.6. The second-order valence-electron chi connectivity index (χ2n) is 7.33. The smallest absolute Gasteiger partial charge is 0.395 e. The SMILES string of the molecule is CCO[Si](C)(CCCNC[SiH2]C(=CN(CC)CC)[Si](OCC)(OCC)OCC)OCC. The van der Waals surface area contributed by atoms with Crippen molar-refractivity contribution < 1.29 is 22.1 Å². The summed E-state index contributed by atoms with van der Waals surface area (Å²) >= 11 is 0. The fourth-order valence-corrected chi connectivity index (χ4v) is 11.9. The fourth-order valence-electron chi connectivity index (χ4n) is 3.58. The van der Waals surface area contributed by atoms with E-state index >= 15 is 0 Å². The van der Waals surface area contributed by atoms with Gasteiger partial charge in [-0.25, -0.2) is 0 Å².